The van der Waals surface area contributed by atoms with E-state index in [1.54, 1.807) is 0 Å². The fraction of sp³-hybridized carbons (Fsp3) is 0.551. The van der Waals surface area contributed by atoms with Crippen LogP contribution in [-0.4, -0.2) is 96.7 Å². The molecule has 0 unspecified atom stereocenters. The van der Waals surface area contributed by atoms with E-state index in [0.29, 0.717) is 31.3 Å². The third kappa shape index (κ3) is 8.39. The fourth-order valence-electron chi connectivity index (χ4n) is 11.0. The number of fused-ring (bicyclic) bond motifs is 1. The summed E-state index contributed by atoms with van der Waals surface area (Å²) in [5.41, 5.74) is 12.6. The molecule has 0 aromatic heterocycles. The van der Waals surface area contributed by atoms with Crippen LogP contribution in [0.5, 0.6) is 0 Å². The third-order valence-corrected chi connectivity index (χ3v) is 14.3. The summed E-state index contributed by atoms with van der Waals surface area (Å²) in [6, 6.07) is 12.1. The SMILES string of the molecule is COC(=O)N[C@H](C(=O)N1CCC[C@H]1C1=NC=C(c2ccc(-c3ccc(C4=CN=C([C@@H]5CCCN5C(=O)[C@@H](NC(=O)OC)C(C)C)C4)c4c3CC3(CCCC3)C4)cc2)C1)C(C)C. The van der Waals surface area contributed by atoms with Crippen molar-refractivity contribution in [3.63, 3.8) is 0 Å². The number of methoxy groups -OCH3 is 2. The molecule has 324 valence electrons. The highest BCUT2D eigenvalue weighted by Crippen LogP contribution is 2.53. The van der Waals surface area contributed by atoms with Crippen LogP contribution in [0.3, 0.4) is 0 Å². The summed E-state index contributed by atoms with van der Waals surface area (Å²) in [7, 11) is 2.63. The highest BCUT2D eigenvalue weighted by atomic mass is 16.5. The number of hydrogen-bond acceptors (Lipinski definition) is 8. The number of allylic oxidation sites excluding steroid dienone is 2. The number of aliphatic imine (C=N–C) groups is 2. The van der Waals surface area contributed by atoms with E-state index in [4.69, 9.17) is 19.5 Å². The molecule has 2 saturated heterocycles. The number of carbonyl (C=O) groups excluding carboxylic acids is 4. The highest BCUT2D eigenvalue weighted by molar-refractivity contribution is 6.05. The monoisotopic (exact) mass is 830 g/mol. The van der Waals surface area contributed by atoms with Gasteiger partial charge in [0.05, 0.1) is 26.3 Å². The molecule has 2 N–H and O–H groups in total. The first-order chi connectivity index (χ1) is 29.4. The van der Waals surface area contributed by atoms with Crippen LogP contribution in [0, 0.1) is 17.3 Å². The lowest BCUT2D eigenvalue weighted by Gasteiger charge is -2.31. The van der Waals surface area contributed by atoms with Crippen molar-refractivity contribution in [2.24, 2.45) is 27.2 Å². The lowest BCUT2D eigenvalue weighted by atomic mass is 9.82. The van der Waals surface area contributed by atoms with E-state index in [0.717, 1.165) is 61.1 Å². The van der Waals surface area contributed by atoms with E-state index in [1.807, 2.05) is 49.9 Å². The molecule has 0 radical (unpaired) electrons. The van der Waals surface area contributed by atoms with Crippen LogP contribution in [0.25, 0.3) is 22.3 Å². The first kappa shape index (κ1) is 42.4. The van der Waals surface area contributed by atoms with Crippen molar-refractivity contribution in [3.8, 4) is 11.1 Å². The predicted octanol–water partition coefficient (Wildman–Crippen LogP) is 8.13. The topological polar surface area (TPSA) is 142 Å². The Labute approximate surface area is 360 Å². The van der Waals surface area contributed by atoms with Gasteiger partial charge in [-0.15, -0.1) is 0 Å². The van der Waals surface area contributed by atoms with Crippen molar-refractivity contribution >= 4 is 46.6 Å². The van der Waals surface area contributed by atoms with E-state index in [9.17, 15) is 19.2 Å². The number of likely N-dealkylation sites (tertiary alicyclic amines) is 2. The summed E-state index contributed by atoms with van der Waals surface area (Å²) in [6.07, 6.45) is 15.0. The Hall–Kier alpha value is -5.26. The van der Waals surface area contributed by atoms with Crippen molar-refractivity contribution in [1.82, 2.24) is 20.4 Å². The maximum Gasteiger partial charge on any atom is 0.407 e. The molecule has 61 heavy (non-hydrogen) atoms. The number of amides is 4. The van der Waals surface area contributed by atoms with E-state index >= 15 is 0 Å². The third-order valence-electron chi connectivity index (χ3n) is 14.3. The summed E-state index contributed by atoms with van der Waals surface area (Å²) < 4.78 is 9.64. The molecule has 2 aromatic carbocycles. The summed E-state index contributed by atoms with van der Waals surface area (Å²) in [5.74, 6) is -0.322. The normalized spacial score (nSPS) is 22.6. The number of alkyl carbamates (subject to hydrolysis) is 2. The molecule has 1 spiro atoms. The first-order valence-electron chi connectivity index (χ1n) is 22.5. The summed E-state index contributed by atoms with van der Waals surface area (Å²) >= 11 is 0. The van der Waals surface area contributed by atoms with Crippen molar-refractivity contribution in [2.75, 3.05) is 27.3 Å². The molecule has 6 aliphatic rings. The first-order valence-corrected chi connectivity index (χ1v) is 22.5. The van der Waals surface area contributed by atoms with Gasteiger partial charge in [0.2, 0.25) is 11.8 Å². The number of nitrogens with one attached hydrogen (secondary N) is 2. The van der Waals surface area contributed by atoms with Gasteiger partial charge in [-0.1, -0.05) is 76.9 Å². The Bertz CT molecular complexity index is 2180. The van der Waals surface area contributed by atoms with Crippen LogP contribution >= 0.6 is 0 Å². The van der Waals surface area contributed by atoms with Crippen LogP contribution in [0.4, 0.5) is 9.59 Å². The zero-order valence-corrected chi connectivity index (χ0v) is 36.7. The molecule has 12 heteroatoms. The smallest absolute Gasteiger partial charge is 0.407 e. The van der Waals surface area contributed by atoms with Gasteiger partial charge in [0.15, 0.2) is 0 Å². The summed E-state index contributed by atoms with van der Waals surface area (Å²) in [5, 5.41) is 5.51. The molecule has 12 nitrogen and oxygen atoms in total. The number of nitrogens with zero attached hydrogens (tertiary/aromatic N) is 4. The van der Waals surface area contributed by atoms with Gasteiger partial charge in [-0.05, 0) is 113 Å². The van der Waals surface area contributed by atoms with Crippen LogP contribution in [0.2, 0.25) is 0 Å². The molecular formula is C49H62N6O6. The minimum Gasteiger partial charge on any atom is -0.453 e. The Morgan fingerprint density at radius 1 is 0.639 bits per heavy atom. The van der Waals surface area contributed by atoms with Crippen molar-refractivity contribution in [2.45, 2.75) is 129 Å². The molecule has 4 aliphatic heterocycles. The number of carbonyl (C=O) groups is 4. The number of benzene rings is 2. The van der Waals surface area contributed by atoms with Gasteiger partial charge in [0, 0.05) is 49.8 Å². The van der Waals surface area contributed by atoms with Gasteiger partial charge in [0.1, 0.15) is 12.1 Å². The lowest BCUT2D eigenvalue weighted by Crippen LogP contribution is -2.53. The number of hydrogen-bond donors (Lipinski definition) is 2. The highest BCUT2D eigenvalue weighted by Gasteiger charge is 2.44. The average Bonchev–Trinajstić information content (AvgIpc) is 4.12. The zero-order valence-electron chi connectivity index (χ0n) is 36.7. The van der Waals surface area contributed by atoms with Crippen molar-refractivity contribution in [1.29, 1.82) is 0 Å². The minimum absolute atomic E-state index is 0.0748. The molecule has 0 bridgehead atoms. The number of rotatable bonds is 11. The van der Waals surface area contributed by atoms with Gasteiger partial charge in [0.25, 0.3) is 0 Å². The quantitative estimate of drug-likeness (QED) is 0.234. The van der Waals surface area contributed by atoms with E-state index in [2.05, 4.69) is 47.0 Å². The Morgan fingerprint density at radius 3 is 1.61 bits per heavy atom. The van der Waals surface area contributed by atoms with Gasteiger partial charge < -0.3 is 29.9 Å². The van der Waals surface area contributed by atoms with Gasteiger partial charge in [-0.25, -0.2) is 9.59 Å². The minimum atomic E-state index is -0.656. The van der Waals surface area contributed by atoms with E-state index in [1.165, 1.54) is 73.3 Å². The van der Waals surface area contributed by atoms with Crippen LogP contribution < -0.4 is 10.6 Å². The zero-order chi connectivity index (χ0) is 43.0. The standard InChI is InChI=1S/C49H62N6O6/c1-29(2)43(52-47(58)60-5)45(56)54-21-9-11-41(54)39-23-33(27-50-39)31-13-15-32(16-14-31)35-17-18-36(38-26-49(25-37(35)38)19-7-8-20-49)34-24-40(51-28-34)42-12-10-22-55(42)46(57)44(30(3)4)53-48(59)61-6/h13-18,27-30,41-44H,7-12,19-26H2,1-6H3,(H,52,58)(H,53,59)/t41-,42-,43-,44-/m0/s1. The lowest BCUT2D eigenvalue weighted by molar-refractivity contribution is -0.134. The average molecular weight is 831 g/mol. The molecule has 4 atom stereocenters. The second kappa shape index (κ2) is 17.6. The van der Waals surface area contributed by atoms with E-state index in [-0.39, 0.29) is 35.7 Å². The van der Waals surface area contributed by atoms with Gasteiger partial charge >= 0.3 is 12.2 Å². The Kier molecular flexibility index (Phi) is 12.3. The largest absolute Gasteiger partial charge is 0.453 e. The summed E-state index contributed by atoms with van der Waals surface area (Å²) in [6.45, 7) is 9.04. The molecular weight excluding hydrogens is 769 g/mol. The van der Waals surface area contributed by atoms with Crippen molar-refractivity contribution < 1.29 is 28.7 Å². The molecule has 2 aliphatic carbocycles. The van der Waals surface area contributed by atoms with E-state index < -0.39 is 24.3 Å². The molecule has 8 rings (SSSR count). The Morgan fingerprint density at radius 2 is 1.10 bits per heavy atom. The fourth-order valence-corrected chi connectivity index (χ4v) is 11.0. The molecule has 2 aromatic rings. The van der Waals surface area contributed by atoms with Crippen LogP contribution in [0.1, 0.15) is 114 Å². The maximum absolute atomic E-state index is 13.8. The van der Waals surface area contributed by atoms with Gasteiger partial charge in [-0.3, -0.25) is 19.6 Å². The molecule has 3 fully saturated rings. The summed E-state index contributed by atoms with van der Waals surface area (Å²) in [4.78, 5) is 65.4. The maximum atomic E-state index is 13.8. The molecule has 4 heterocycles. The second-order valence-corrected chi connectivity index (χ2v) is 18.8. The molecule has 1 saturated carbocycles. The Balaban J connectivity index is 0.970. The predicted molar refractivity (Wildman–Crippen MR) is 238 cm³/mol. The van der Waals surface area contributed by atoms with Crippen LogP contribution in [-0.2, 0) is 31.9 Å². The van der Waals surface area contributed by atoms with Gasteiger partial charge in [-0.2, -0.15) is 0 Å². The molecule has 4 amide bonds. The van der Waals surface area contributed by atoms with Crippen molar-refractivity contribution in [3.05, 3.63) is 71.1 Å². The second-order valence-electron chi connectivity index (χ2n) is 18.8. The van der Waals surface area contributed by atoms with Crippen LogP contribution in [0.15, 0.2) is 58.8 Å². The number of ether oxygens (including phenoxy) is 2.